The van der Waals surface area contributed by atoms with Crippen molar-refractivity contribution in [1.29, 1.82) is 5.26 Å². The zero-order chi connectivity index (χ0) is 24.0. The number of nitrogens with zero attached hydrogens (tertiary/aromatic N) is 3. The number of fused-ring (bicyclic) bond motifs is 2. The summed E-state index contributed by atoms with van der Waals surface area (Å²) < 4.78 is 21.5. The number of oxazole rings is 1. The van der Waals surface area contributed by atoms with Crippen LogP contribution >= 0.6 is 0 Å². The van der Waals surface area contributed by atoms with Gasteiger partial charge in [-0.3, -0.25) is 14.3 Å². The van der Waals surface area contributed by atoms with E-state index in [0.29, 0.717) is 34.2 Å². The van der Waals surface area contributed by atoms with E-state index in [2.05, 4.69) is 16.3 Å². The molecule has 0 spiro atoms. The molecule has 1 aromatic heterocycles. The molecule has 1 saturated carbocycles. The van der Waals surface area contributed by atoms with Gasteiger partial charge in [-0.1, -0.05) is 24.6 Å². The summed E-state index contributed by atoms with van der Waals surface area (Å²) in [5.74, 6) is -0.500. The largest absolute Gasteiger partial charge is 0.419 e. The predicted octanol–water partition coefficient (Wildman–Crippen LogP) is 3.36. The lowest BCUT2D eigenvalue weighted by Crippen LogP contribution is -2.47. The van der Waals surface area contributed by atoms with Gasteiger partial charge in [0.05, 0.1) is 17.6 Å². The van der Waals surface area contributed by atoms with Crippen LogP contribution in [0.15, 0.2) is 45.6 Å². The third-order valence-electron chi connectivity index (χ3n) is 7.54. The second-order valence-corrected chi connectivity index (χ2v) is 9.49. The molecule has 0 radical (unpaired) electrons. The van der Waals surface area contributed by atoms with E-state index in [1.54, 1.807) is 37.4 Å². The summed E-state index contributed by atoms with van der Waals surface area (Å²) in [6.07, 6.45) is 4.39. The SMILES string of the molecule is CN1[C@H](C(=O)N[C@H](C#N)Cc2ccc(-c3ccc4oc(=O)n(C)c4c3)cc2F)C[C@@H]2CCC[C@@H]21. The fourth-order valence-corrected chi connectivity index (χ4v) is 5.62. The molecule has 8 heteroatoms. The molecule has 1 saturated heterocycles. The Morgan fingerprint density at radius 1 is 1.24 bits per heavy atom. The summed E-state index contributed by atoms with van der Waals surface area (Å²) in [5, 5.41) is 12.4. The van der Waals surface area contributed by atoms with E-state index in [1.165, 1.54) is 17.1 Å². The standard InChI is InChI=1S/C26H27FN4O3/c1-30-21-5-3-4-18(21)13-23(30)25(32)29-19(14-28)10-17-7-6-15(11-20(17)27)16-8-9-24-22(12-16)31(2)26(33)34-24/h6-9,11-12,18-19,21,23H,3-5,10,13H2,1-2H3,(H,29,32)/t18-,19-,21-,23-/m0/s1. The minimum atomic E-state index is -0.807. The van der Waals surface area contributed by atoms with Crippen LogP contribution in [0.25, 0.3) is 22.2 Å². The van der Waals surface area contributed by atoms with E-state index < -0.39 is 17.6 Å². The van der Waals surface area contributed by atoms with Crippen molar-refractivity contribution in [2.24, 2.45) is 13.0 Å². The second-order valence-electron chi connectivity index (χ2n) is 9.49. The van der Waals surface area contributed by atoms with Gasteiger partial charge in [-0.2, -0.15) is 5.26 Å². The Morgan fingerprint density at radius 3 is 2.74 bits per heavy atom. The molecule has 1 aliphatic heterocycles. The summed E-state index contributed by atoms with van der Waals surface area (Å²) in [7, 11) is 3.60. The van der Waals surface area contributed by atoms with Crippen molar-refractivity contribution in [1.82, 2.24) is 14.8 Å². The average Bonchev–Trinajstić information content (AvgIpc) is 3.49. The third-order valence-corrected chi connectivity index (χ3v) is 7.54. The number of likely N-dealkylation sites (N-methyl/N-ethyl adjacent to an activating group) is 1. The lowest BCUT2D eigenvalue weighted by molar-refractivity contribution is -0.125. The number of hydrogen-bond acceptors (Lipinski definition) is 5. The van der Waals surface area contributed by atoms with Crippen LogP contribution in [0.3, 0.4) is 0 Å². The lowest BCUT2D eigenvalue weighted by atomic mass is 9.99. The Bertz CT molecular complexity index is 1350. The summed E-state index contributed by atoms with van der Waals surface area (Å²) in [6, 6.07) is 11.6. The molecule has 0 bridgehead atoms. The first-order valence-corrected chi connectivity index (χ1v) is 11.7. The highest BCUT2D eigenvalue weighted by Crippen LogP contribution is 2.40. The Kier molecular flexibility index (Phi) is 5.74. The van der Waals surface area contributed by atoms with Gasteiger partial charge in [0.15, 0.2) is 5.58 Å². The van der Waals surface area contributed by atoms with Gasteiger partial charge in [0.2, 0.25) is 5.91 Å². The van der Waals surface area contributed by atoms with E-state index in [-0.39, 0.29) is 18.4 Å². The zero-order valence-electron chi connectivity index (χ0n) is 19.3. The number of amides is 1. The Balaban J connectivity index is 1.29. The van der Waals surface area contributed by atoms with E-state index in [4.69, 9.17) is 4.42 Å². The number of likely N-dealkylation sites (tertiary alicyclic amines) is 1. The Labute approximate surface area is 196 Å². The minimum Gasteiger partial charge on any atom is -0.408 e. The van der Waals surface area contributed by atoms with E-state index in [1.807, 2.05) is 7.05 Å². The predicted molar refractivity (Wildman–Crippen MR) is 125 cm³/mol. The van der Waals surface area contributed by atoms with Crippen molar-refractivity contribution in [2.75, 3.05) is 7.05 Å². The molecule has 3 aromatic rings. The highest BCUT2D eigenvalue weighted by molar-refractivity contribution is 5.83. The van der Waals surface area contributed by atoms with E-state index in [0.717, 1.165) is 24.8 Å². The van der Waals surface area contributed by atoms with Crippen LogP contribution in [0, 0.1) is 23.1 Å². The first-order valence-electron chi connectivity index (χ1n) is 11.7. The normalized spacial score (nSPS) is 23.1. The van der Waals surface area contributed by atoms with E-state index in [9.17, 15) is 19.2 Å². The third kappa shape index (κ3) is 3.90. The highest BCUT2D eigenvalue weighted by atomic mass is 19.1. The number of benzene rings is 2. The number of aromatic nitrogens is 1. The smallest absolute Gasteiger partial charge is 0.408 e. The number of nitriles is 1. The van der Waals surface area contributed by atoms with Gasteiger partial charge in [0, 0.05) is 19.5 Å². The van der Waals surface area contributed by atoms with Gasteiger partial charge in [0.25, 0.3) is 0 Å². The summed E-state index contributed by atoms with van der Waals surface area (Å²) >= 11 is 0. The molecule has 1 N–H and O–H groups in total. The maximum absolute atomic E-state index is 15.0. The number of aryl methyl sites for hydroxylation is 1. The number of halogens is 1. The van der Waals surface area contributed by atoms with Gasteiger partial charge < -0.3 is 9.73 Å². The fourth-order valence-electron chi connectivity index (χ4n) is 5.62. The summed E-state index contributed by atoms with van der Waals surface area (Å²) in [6.45, 7) is 0. The van der Waals surface area contributed by atoms with Crippen molar-refractivity contribution in [3.63, 3.8) is 0 Å². The van der Waals surface area contributed by atoms with Crippen molar-refractivity contribution in [3.8, 4) is 17.2 Å². The quantitative estimate of drug-likeness (QED) is 0.628. The first kappa shape index (κ1) is 22.4. The zero-order valence-corrected chi connectivity index (χ0v) is 19.3. The number of carbonyl (C=O) groups excluding carboxylic acids is 1. The molecule has 2 fully saturated rings. The minimum absolute atomic E-state index is 0.0902. The molecule has 2 heterocycles. The van der Waals surface area contributed by atoms with Crippen LogP contribution in [0.2, 0.25) is 0 Å². The van der Waals surface area contributed by atoms with Gasteiger partial charge >= 0.3 is 5.76 Å². The highest BCUT2D eigenvalue weighted by Gasteiger charge is 2.44. The van der Waals surface area contributed by atoms with Crippen LogP contribution in [0.5, 0.6) is 0 Å². The Hall–Kier alpha value is -3.44. The average molecular weight is 463 g/mol. The van der Waals surface area contributed by atoms with Crippen LogP contribution in [0.1, 0.15) is 31.2 Å². The van der Waals surface area contributed by atoms with Gasteiger partial charge in [0.1, 0.15) is 11.9 Å². The summed E-state index contributed by atoms with van der Waals surface area (Å²) in [4.78, 5) is 26.7. The molecule has 0 unspecified atom stereocenters. The van der Waals surface area contributed by atoms with Crippen LogP contribution in [-0.2, 0) is 18.3 Å². The monoisotopic (exact) mass is 462 g/mol. The van der Waals surface area contributed by atoms with Crippen molar-refractivity contribution in [3.05, 3.63) is 58.3 Å². The van der Waals surface area contributed by atoms with Crippen LogP contribution in [0.4, 0.5) is 4.39 Å². The molecule has 7 nitrogen and oxygen atoms in total. The second kappa shape index (κ2) is 8.73. The fraction of sp³-hybridized carbons (Fsp3) is 0.423. The van der Waals surface area contributed by atoms with E-state index >= 15 is 0 Å². The number of carbonyl (C=O) groups is 1. The number of hydrogen-bond donors (Lipinski definition) is 1. The Morgan fingerprint density at radius 2 is 2.00 bits per heavy atom. The molecule has 5 rings (SSSR count). The molecule has 1 amide bonds. The van der Waals surface area contributed by atoms with Gasteiger partial charge in [-0.05, 0) is 67.1 Å². The van der Waals surface area contributed by atoms with Gasteiger partial charge in [-0.25, -0.2) is 9.18 Å². The maximum atomic E-state index is 15.0. The number of nitrogens with one attached hydrogen (secondary N) is 1. The molecular weight excluding hydrogens is 435 g/mol. The molecular formula is C26H27FN4O3. The number of rotatable bonds is 5. The molecule has 34 heavy (non-hydrogen) atoms. The first-order chi connectivity index (χ1) is 16.4. The molecule has 1 aliphatic carbocycles. The van der Waals surface area contributed by atoms with Crippen LogP contribution < -0.4 is 11.1 Å². The molecule has 2 aromatic carbocycles. The molecule has 176 valence electrons. The van der Waals surface area contributed by atoms with Crippen molar-refractivity contribution >= 4 is 17.0 Å². The molecule has 4 atom stereocenters. The lowest BCUT2D eigenvalue weighted by Gasteiger charge is -2.25. The topological polar surface area (TPSA) is 91.3 Å². The van der Waals surface area contributed by atoms with Crippen molar-refractivity contribution < 1.29 is 13.6 Å². The molecule has 2 aliphatic rings. The van der Waals surface area contributed by atoms with Crippen molar-refractivity contribution in [2.45, 2.75) is 50.2 Å². The maximum Gasteiger partial charge on any atom is 0.419 e. The van der Waals surface area contributed by atoms with Gasteiger partial charge in [-0.15, -0.1) is 0 Å². The van der Waals surface area contributed by atoms with Crippen LogP contribution in [-0.4, -0.2) is 40.5 Å². The summed E-state index contributed by atoms with van der Waals surface area (Å²) in [5.41, 5.74) is 2.85.